The molecule has 1 aromatic carbocycles. The smallest absolute Gasteiger partial charge is 0.354 e. The molecule has 0 spiro atoms. The first kappa shape index (κ1) is 18.5. The van der Waals surface area contributed by atoms with Crippen LogP contribution in [0.4, 0.5) is 24.5 Å². The molecule has 1 aliphatic rings. The lowest BCUT2D eigenvalue weighted by molar-refractivity contribution is -0.136. The summed E-state index contributed by atoms with van der Waals surface area (Å²) in [6.07, 6.45) is 1.26. The van der Waals surface area contributed by atoms with Crippen LogP contribution in [0.1, 0.15) is 35.2 Å². The monoisotopic (exact) mass is 383 g/mol. The molecule has 1 aliphatic heterocycles. The molecule has 1 aromatic heterocycles. The zero-order chi connectivity index (χ0) is 18.7. The van der Waals surface area contributed by atoms with E-state index in [0.717, 1.165) is 25.3 Å². The van der Waals surface area contributed by atoms with Crippen molar-refractivity contribution in [3.8, 4) is 0 Å². The predicted molar refractivity (Wildman–Crippen MR) is 93.7 cm³/mol. The van der Waals surface area contributed by atoms with Gasteiger partial charge in [0.25, 0.3) is 5.91 Å². The fourth-order valence-electron chi connectivity index (χ4n) is 2.92. The number of pyridine rings is 1. The molecule has 2 aromatic rings. The second-order valence-corrected chi connectivity index (χ2v) is 6.56. The maximum absolute atomic E-state index is 13.2. The van der Waals surface area contributed by atoms with Crippen molar-refractivity contribution in [1.82, 2.24) is 9.88 Å². The van der Waals surface area contributed by atoms with Gasteiger partial charge in [-0.05, 0) is 43.5 Å². The average Bonchev–Trinajstić information content (AvgIpc) is 2.63. The van der Waals surface area contributed by atoms with E-state index in [0.29, 0.717) is 24.3 Å². The highest BCUT2D eigenvalue weighted by Crippen LogP contribution is 2.37. The van der Waals surface area contributed by atoms with Crippen LogP contribution in [0.3, 0.4) is 0 Å². The first-order valence-electron chi connectivity index (χ1n) is 8.23. The minimum atomic E-state index is -4.55. The Kier molecular flexibility index (Phi) is 5.36. The van der Waals surface area contributed by atoms with Crippen molar-refractivity contribution < 1.29 is 18.0 Å². The molecule has 8 heteroatoms. The van der Waals surface area contributed by atoms with E-state index in [-0.39, 0.29) is 16.6 Å². The van der Waals surface area contributed by atoms with Gasteiger partial charge in [0.05, 0.1) is 28.7 Å². The van der Waals surface area contributed by atoms with Gasteiger partial charge in [-0.25, -0.2) is 0 Å². The maximum Gasteiger partial charge on any atom is 0.418 e. The number of aromatic nitrogens is 1. The average molecular weight is 384 g/mol. The van der Waals surface area contributed by atoms with Crippen molar-refractivity contribution in [2.75, 3.05) is 18.4 Å². The highest BCUT2D eigenvalue weighted by atomic mass is 35.5. The number of piperidine rings is 1. The molecule has 1 saturated heterocycles. The van der Waals surface area contributed by atoms with Crippen LogP contribution in [-0.4, -0.2) is 28.9 Å². The van der Waals surface area contributed by atoms with Gasteiger partial charge in [-0.2, -0.15) is 13.2 Å². The van der Waals surface area contributed by atoms with E-state index in [9.17, 15) is 18.0 Å². The zero-order valence-electron chi connectivity index (χ0n) is 13.8. The number of carbonyl (C=O) groups is 1. The lowest BCUT2D eigenvalue weighted by atomic mass is 10.1. The highest BCUT2D eigenvalue weighted by Gasteiger charge is 2.34. The third-order valence-electron chi connectivity index (χ3n) is 4.19. The summed E-state index contributed by atoms with van der Waals surface area (Å²) < 4.78 is 39.6. The second kappa shape index (κ2) is 7.53. The first-order chi connectivity index (χ1) is 12.3. The molecular weight excluding hydrogens is 367 g/mol. The minimum absolute atomic E-state index is 0.00460. The van der Waals surface area contributed by atoms with Crippen LogP contribution in [-0.2, 0) is 6.18 Å². The minimum Gasteiger partial charge on any atom is -0.354 e. The molecule has 2 heterocycles. The summed E-state index contributed by atoms with van der Waals surface area (Å²) in [5.74, 6) is -0.159. The van der Waals surface area contributed by atoms with Crippen molar-refractivity contribution >= 4 is 28.9 Å². The standard InChI is InChI=1S/C18H17ClF3N3O/c19-13-4-5-16(15(9-13)18(20,21)22)24-14-8-12(10-23-11-14)17(26)25-6-2-1-3-7-25/h4-5,8-11,24H,1-3,6-7H2. The molecule has 0 bridgehead atoms. The van der Waals surface area contributed by atoms with E-state index in [2.05, 4.69) is 10.3 Å². The number of nitrogens with one attached hydrogen (secondary N) is 1. The van der Waals surface area contributed by atoms with Crippen molar-refractivity contribution in [3.05, 3.63) is 52.8 Å². The van der Waals surface area contributed by atoms with Crippen molar-refractivity contribution in [2.45, 2.75) is 25.4 Å². The summed E-state index contributed by atoms with van der Waals surface area (Å²) in [7, 11) is 0. The summed E-state index contributed by atoms with van der Waals surface area (Å²) in [5, 5.41) is 2.69. The fraction of sp³-hybridized carbons (Fsp3) is 0.333. The molecule has 0 unspecified atom stereocenters. The van der Waals surface area contributed by atoms with Gasteiger partial charge in [0.1, 0.15) is 0 Å². The highest BCUT2D eigenvalue weighted by molar-refractivity contribution is 6.30. The van der Waals surface area contributed by atoms with Crippen LogP contribution in [0.5, 0.6) is 0 Å². The summed E-state index contributed by atoms with van der Waals surface area (Å²) in [4.78, 5) is 18.3. The Morgan fingerprint density at radius 3 is 2.54 bits per heavy atom. The molecule has 1 fully saturated rings. The van der Waals surface area contributed by atoms with Gasteiger partial charge in [0.15, 0.2) is 0 Å². The molecule has 0 saturated carbocycles. The van der Waals surface area contributed by atoms with E-state index in [1.54, 1.807) is 4.90 Å². The number of carbonyl (C=O) groups excluding carboxylic acids is 1. The summed E-state index contributed by atoms with van der Waals surface area (Å²) >= 11 is 5.69. The Bertz CT molecular complexity index is 805. The van der Waals surface area contributed by atoms with Crippen LogP contribution in [0.25, 0.3) is 0 Å². The number of likely N-dealkylation sites (tertiary alicyclic amines) is 1. The first-order valence-corrected chi connectivity index (χ1v) is 8.60. The topological polar surface area (TPSA) is 45.2 Å². The van der Waals surface area contributed by atoms with Gasteiger partial charge < -0.3 is 10.2 Å². The Morgan fingerprint density at radius 2 is 1.85 bits per heavy atom. The number of alkyl halides is 3. The van der Waals surface area contributed by atoms with Gasteiger partial charge in [-0.3, -0.25) is 9.78 Å². The molecule has 1 N–H and O–H groups in total. The van der Waals surface area contributed by atoms with Gasteiger partial charge in [-0.15, -0.1) is 0 Å². The third-order valence-corrected chi connectivity index (χ3v) is 4.43. The molecule has 138 valence electrons. The molecule has 26 heavy (non-hydrogen) atoms. The van der Waals surface area contributed by atoms with Crippen LogP contribution in [0.15, 0.2) is 36.7 Å². The molecule has 4 nitrogen and oxygen atoms in total. The second-order valence-electron chi connectivity index (χ2n) is 6.13. The molecular formula is C18H17ClF3N3O. The number of benzene rings is 1. The van der Waals surface area contributed by atoms with Crippen molar-refractivity contribution in [3.63, 3.8) is 0 Å². The number of rotatable bonds is 3. The van der Waals surface area contributed by atoms with Gasteiger partial charge in [0.2, 0.25) is 0 Å². The lowest BCUT2D eigenvalue weighted by Crippen LogP contribution is -2.35. The summed E-state index contributed by atoms with van der Waals surface area (Å²) in [5.41, 5.74) is -0.371. The van der Waals surface area contributed by atoms with Crippen LogP contribution < -0.4 is 5.32 Å². The Hall–Kier alpha value is -2.28. The third kappa shape index (κ3) is 4.27. The molecule has 3 rings (SSSR count). The normalized spacial score (nSPS) is 15.0. The van der Waals surface area contributed by atoms with Crippen LogP contribution in [0.2, 0.25) is 5.02 Å². The Balaban J connectivity index is 1.84. The quantitative estimate of drug-likeness (QED) is 0.799. The van der Waals surface area contributed by atoms with E-state index >= 15 is 0 Å². The number of amides is 1. The largest absolute Gasteiger partial charge is 0.418 e. The van der Waals surface area contributed by atoms with Crippen LogP contribution in [0, 0.1) is 0 Å². The molecule has 1 amide bonds. The van der Waals surface area contributed by atoms with Gasteiger partial charge >= 0.3 is 6.18 Å². The van der Waals surface area contributed by atoms with Gasteiger partial charge in [-0.1, -0.05) is 11.6 Å². The number of hydrogen-bond donors (Lipinski definition) is 1. The SMILES string of the molecule is O=C(c1cncc(Nc2ccc(Cl)cc2C(F)(F)F)c1)N1CCCCC1. The maximum atomic E-state index is 13.2. The Labute approximate surface area is 154 Å². The van der Waals surface area contributed by atoms with Gasteiger partial charge in [0, 0.05) is 24.3 Å². The Morgan fingerprint density at radius 1 is 1.12 bits per heavy atom. The summed E-state index contributed by atoms with van der Waals surface area (Å²) in [6, 6.07) is 5.00. The predicted octanol–water partition coefficient (Wildman–Crippen LogP) is 5.12. The van der Waals surface area contributed by atoms with E-state index in [4.69, 9.17) is 11.6 Å². The van der Waals surface area contributed by atoms with E-state index < -0.39 is 11.7 Å². The van der Waals surface area contributed by atoms with E-state index in [1.807, 2.05) is 0 Å². The van der Waals surface area contributed by atoms with Crippen molar-refractivity contribution in [1.29, 1.82) is 0 Å². The number of nitrogens with zero attached hydrogens (tertiary/aromatic N) is 2. The fourth-order valence-corrected chi connectivity index (χ4v) is 3.09. The summed E-state index contributed by atoms with van der Waals surface area (Å²) in [6.45, 7) is 1.37. The zero-order valence-corrected chi connectivity index (χ0v) is 14.6. The van der Waals surface area contributed by atoms with E-state index in [1.165, 1.54) is 30.6 Å². The van der Waals surface area contributed by atoms with Crippen LogP contribution >= 0.6 is 11.6 Å². The molecule has 0 aliphatic carbocycles. The number of halogens is 4. The molecule has 0 radical (unpaired) electrons. The number of anilines is 2. The molecule has 0 atom stereocenters. The lowest BCUT2D eigenvalue weighted by Gasteiger charge is -2.26. The van der Waals surface area contributed by atoms with Crippen molar-refractivity contribution in [2.24, 2.45) is 0 Å². The number of hydrogen-bond acceptors (Lipinski definition) is 3.